The lowest BCUT2D eigenvalue weighted by molar-refractivity contribution is 0.191. The average molecular weight is 361 g/mol. The molecule has 3 nitrogen and oxygen atoms in total. The van der Waals surface area contributed by atoms with Gasteiger partial charge in [-0.25, -0.2) is 4.98 Å². The highest BCUT2D eigenvalue weighted by Gasteiger charge is 2.31. The number of halogens is 1. The van der Waals surface area contributed by atoms with E-state index in [1.165, 1.54) is 18.4 Å². The molecule has 1 fully saturated rings. The molecule has 3 rings (SSSR count). The molecule has 0 bridgehead atoms. The minimum absolute atomic E-state index is 0.374. The van der Waals surface area contributed by atoms with Crippen molar-refractivity contribution in [3.05, 3.63) is 58.3 Å². The smallest absolute Gasteiger partial charge is 0.118 e. The number of likely N-dealkylation sites (tertiary alicyclic amines) is 1. The third kappa shape index (κ3) is 3.18. The van der Waals surface area contributed by atoms with Crippen molar-refractivity contribution in [2.45, 2.75) is 31.8 Å². The Balaban J connectivity index is 1.82. The van der Waals surface area contributed by atoms with Crippen LogP contribution >= 0.6 is 15.9 Å². The zero-order valence-electron chi connectivity index (χ0n) is 13.0. The first-order valence-corrected chi connectivity index (χ1v) is 8.50. The first-order chi connectivity index (χ1) is 10.7. The Morgan fingerprint density at radius 3 is 2.68 bits per heavy atom. The van der Waals surface area contributed by atoms with Crippen molar-refractivity contribution in [2.24, 2.45) is 0 Å². The third-order valence-corrected chi connectivity index (χ3v) is 4.91. The normalized spacial score (nSPS) is 20.0. The van der Waals surface area contributed by atoms with E-state index in [2.05, 4.69) is 57.0 Å². The molecule has 0 saturated carbocycles. The fraction of sp³-hybridized carbons (Fsp3) is 0.389. The average Bonchev–Trinajstić information content (AvgIpc) is 3.04. The molecular weight excluding hydrogens is 340 g/mol. The van der Waals surface area contributed by atoms with Crippen molar-refractivity contribution < 1.29 is 4.74 Å². The second-order valence-corrected chi connectivity index (χ2v) is 6.54. The summed E-state index contributed by atoms with van der Waals surface area (Å²) in [4.78, 5) is 7.22. The molecule has 2 heterocycles. The van der Waals surface area contributed by atoms with Crippen LogP contribution in [0.2, 0.25) is 0 Å². The van der Waals surface area contributed by atoms with Gasteiger partial charge >= 0.3 is 0 Å². The first kappa shape index (κ1) is 15.5. The quantitative estimate of drug-likeness (QED) is 0.735. The minimum atomic E-state index is 0.374. The standard InChI is InChI=1S/C18H21BrN2O/c1-13(14-8-10-15(22-2)11-9-14)21-12-4-6-17(21)16-5-3-7-18(19)20-16/h3,5,7-11,13,17H,4,6,12H2,1-2H3/t13-,17-/m0/s1. The van der Waals surface area contributed by atoms with Crippen LogP contribution in [0.15, 0.2) is 47.1 Å². The maximum atomic E-state index is 5.25. The number of aromatic nitrogens is 1. The number of rotatable bonds is 4. The van der Waals surface area contributed by atoms with Crippen LogP contribution in [0.5, 0.6) is 5.75 Å². The summed E-state index contributed by atoms with van der Waals surface area (Å²) in [6.07, 6.45) is 2.39. The van der Waals surface area contributed by atoms with Gasteiger partial charge in [-0.05, 0) is 72.1 Å². The molecule has 22 heavy (non-hydrogen) atoms. The van der Waals surface area contributed by atoms with Crippen LogP contribution in [-0.2, 0) is 0 Å². The Morgan fingerprint density at radius 2 is 2.00 bits per heavy atom. The van der Waals surface area contributed by atoms with E-state index in [4.69, 9.17) is 4.74 Å². The summed E-state index contributed by atoms with van der Waals surface area (Å²) in [5.41, 5.74) is 2.48. The molecule has 0 amide bonds. The second-order valence-electron chi connectivity index (χ2n) is 5.73. The first-order valence-electron chi connectivity index (χ1n) is 7.71. The van der Waals surface area contributed by atoms with E-state index in [0.29, 0.717) is 12.1 Å². The van der Waals surface area contributed by atoms with Crippen LogP contribution < -0.4 is 4.74 Å². The van der Waals surface area contributed by atoms with Gasteiger partial charge in [0.25, 0.3) is 0 Å². The fourth-order valence-corrected chi connectivity index (χ4v) is 3.61. The van der Waals surface area contributed by atoms with Gasteiger partial charge in [0.15, 0.2) is 0 Å². The number of pyridine rings is 1. The van der Waals surface area contributed by atoms with Gasteiger partial charge in [-0.2, -0.15) is 0 Å². The Morgan fingerprint density at radius 1 is 1.23 bits per heavy atom. The summed E-state index contributed by atoms with van der Waals surface area (Å²) < 4.78 is 6.16. The monoisotopic (exact) mass is 360 g/mol. The molecule has 1 aromatic carbocycles. The molecule has 4 heteroatoms. The van der Waals surface area contributed by atoms with Crippen LogP contribution in [0.3, 0.4) is 0 Å². The molecule has 0 aliphatic carbocycles. The number of hydrogen-bond acceptors (Lipinski definition) is 3. The zero-order chi connectivity index (χ0) is 15.5. The van der Waals surface area contributed by atoms with Gasteiger partial charge < -0.3 is 4.74 Å². The Labute approximate surface area is 140 Å². The summed E-state index contributed by atoms with van der Waals surface area (Å²) in [7, 11) is 1.70. The minimum Gasteiger partial charge on any atom is -0.497 e. The van der Waals surface area contributed by atoms with Gasteiger partial charge in [-0.3, -0.25) is 4.90 Å². The highest BCUT2D eigenvalue weighted by atomic mass is 79.9. The number of nitrogens with zero attached hydrogens (tertiary/aromatic N) is 2. The highest BCUT2D eigenvalue weighted by molar-refractivity contribution is 9.10. The zero-order valence-corrected chi connectivity index (χ0v) is 14.6. The fourth-order valence-electron chi connectivity index (χ4n) is 3.25. The maximum Gasteiger partial charge on any atom is 0.118 e. The third-order valence-electron chi connectivity index (χ3n) is 4.47. The largest absolute Gasteiger partial charge is 0.497 e. The van der Waals surface area contributed by atoms with Gasteiger partial charge in [-0.1, -0.05) is 18.2 Å². The SMILES string of the molecule is COc1ccc([C@H](C)N2CCC[C@H]2c2cccc(Br)n2)cc1. The summed E-state index contributed by atoms with van der Waals surface area (Å²) in [6, 6.07) is 15.3. The molecule has 0 spiro atoms. The molecule has 1 aliphatic heterocycles. The van der Waals surface area contributed by atoms with Crippen molar-refractivity contribution in [3.8, 4) is 5.75 Å². The molecule has 0 N–H and O–H groups in total. The molecule has 0 radical (unpaired) electrons. The van der Waals surface area contributed by atoms with E-state index in [0.717, 1.165) is 22.6 Å². The van der Waals surface area contributed by atoms with Crippen LogP contribution in [0.25, 0.3) is 0 Å². The van der Waals surface area contributed by atoms with Gasteiger partial charge in [0.1, 0.15) is 10.4 Å². The van der Waals surface area contributed by atoms with E-state index in [1.54, 1.807) is 7.11 Å². The van der Waals surface area contributed by atoms with Crippen molar-refractivity contribution in [1.29, 1.82) is 0 Å². The lowest BCUT2D eigenvalue weighted by Gasteiger charge is -2.30. The summed E-state index contributed by atoms with van der Waals surface area (Å²) >= 11 is 3.48. The molecule has 1 saturated heterocycles. The maximum absolute atomic E-state index is 5.25. The summed E-state index contributed by atoms with van der Waals surface area (Å²) in [5.74, 6) is 0.905. The number of hydrogen-bond donors (Lipinski definition) is 0. The predicted octanol–water partition coefficient (Wildman–Crippen LogP) is 4.75. The molecule has 2 aromatic rings. The van der Waals surface area contributed by atoms with Crippen LogP contribution in [-0.4, -0.2) is 23.5 Å². The number of methoxy groups -OCH3 is 1. The Kier molecular flexibility index (Phi) is 4.79. The molecule has 1 aromatic heterocycles. The molecule has 2 atom stereocenters. The molecular formula is C18H21BrN2O. The van der Waals surface area contributed by atoms with Crippen molar-refractivity contribution >= 4 is 15.9 Å². The summed E-state index contributed by atoms with van der Waals surface area (Å²) in [6.45, 7) is 3.39. The van der Waals surface area contributed by atoms with Gasteiger partial charge in [0.05, 0.1) is 18.8 Å². The van der Waals surface area contributed by atoms with E-state index >= 15 is 0 Å². The number of ether oxygens (including phenoxy) is 1. The van der Waals surface area contributed by atoms with Crippen molar-refractivity contribution in [2.75, 3.05) is 13.7 Å². The van der Waals surface area contributed by atoms with Gasteiger partial charge in [0.2, 0.25) is 0 Å². The van der Waals surface area contributed by atoms with Crippen molar-refractivity contribution in [1.82, 2.24) is 9.88 Å². The van der Waals surface area contributed by atoms with Crippen molar-refractivity contribution in [3.63, 3.8) is 0 Å². The Hall–Kier alpha value is -1.39. The second kappa shape index (κ2) is 6.80. The van der Waals surface area contributed by atoms with E-state index in [1.807, 2.05) is 18.2 Å². The molecule has 0 unspecified atom stereocenters. The topological polar surface area (TPSA) is 25.4 Å². The molecule has 1 aliphatic rings. The van der Waals surface area contributed by atoms with Crippen LogP contribution in [0, 0.1) is 0 Å². The van der Waals surface area contributed by atoms with E-state index in [9.17, 15) is 0 Å². The van der Waals surface area contributed by atoms with E-state index in [-0.39, 0.29) is 0 Å². The van der Waals surface area contributed by atoms with Gasteiger partial charge in [-0.15, -0.1) is 0 Å². The predicted molar refractivity (Wildman–Crippen MR) is 92.0 cm³/mol. The lowest BCUT2D eigenvalue weighted by Crippen LogP contribution is -2.27. The van der Waals surface area contributed by atoms with Gasteiger partial charge in [0, 0.05) is 6.04 Å². The number of benzene rings is 1. The molecule has 116 valence electrons. The Bertz CT molecular complexity index is 629. The lowest BCUT2D eigenvalue weighted by atomic mass is 10.0. The summed E-state index contributed by atoms with van der Waals surface area (Å²) in [5, 5.41) is 0. The van der Waals surface area contributed by atoms with Crippen LogP contribution in [0.4, 0.5) is 0 Å². The highest BCUT2D eigenvalue weighted by Crippen LogP contribution is 2.38. The van der Waals surface area contributed by atoms with Crippen LogP contribution in [0.1, 0.15) is 43.1 Å². The van der Waals surface area contributed by atoms with E-state index < -0.39 is 0 Å².